The number of piperidine rings is 1. The van der Waals surface area contributed by atoms with Crippen molar-refractivity contribution in [3.8, 4) is 5.82 Å². The maximum absolute atomic E-state index is 13.8. The maximum atomic E-state index is 13.8. The van der Waals surface area contributed by atoms with Gasteiger partial charge in [0.1, 0.15) is 17.7 Å². The van der Waals surface area contributed by atoms with E-state index in [9.17, 15) is 9.18 Å². The molecule has 1 aromatic carbocycles. The number of nitrogens with one attached hydrogen (secondary N) is 1. The third-order valence-corrected chi connectivity index (χ3v) is 5.50. The van der Waals surface area contributed by atoms with Gasteiger partial charge in [0.15, 0.2) is 5.82 Å². The van der Waals surface area contributed by atoms with Gasteiger partial charge in [0.2, 0.25) is 0 Å². The van der Waals surface area contributed by atoms with E-state index >= 15 is 0 Å². The number of hydrogen-bond acceptors (Lipinski definition) is 6. The Morgan fingerprint density at radius 3 is 2.86 bits per heavy atom. The Morgan fingerprint density at radius 1 is 1.21 bits per heavy atom. The predicted octanol–water partition coefficient (Wildman–Crippen LogP) is 2.85. The Hall–Kier alpha value is -3.33. The van der Waals surface area contributed by atoms with Crippen molar-refractivity contribution in [2.75, 3.05) is 18.4 Å². The number of likely N-dealkylation sites (tertiary alicyclic amines) is 1. The van der Waals surface area contributed by atoms with E-state index in [0.29, 0.717) is 49.5 Å². The molecule has 0 atom stereocenters. The Kier molecular flexibility index (Phi) is 4.24. The summed E-state index contributed by atoms with van der Waals surface area (Å²) in [5, 5.41) is 2.66. The van der Waals surface area contributed by atoms with Gasteiger partial charge in [0.25, 0.3) is 0 Å². The van der Waals surface area contributed by atoms with Crippen LogP contribution in [0.5, 0.6) is 0 Å². The number of amides is 1. The molecule has 0 aliphatic carbocycles. The number of aromatic nitrogens is 4. The summed E-state index contributed by atoms with van der Waals surface area (Å²) in [6.07, 6.45) is 9.31. The minimum atomic E-state index is -0.782. The molecule has 0 saturated carbocycles. The summed E-state index contributed by atoms with van der Waals surface area (Å²) >= 11 is 0. The minimum Gasteiger partial charge on any atom is -0.438 e. The van der Waals surface area contributed by atoms with E-state index in [1.54, 1.807) is 31.0 Å². The molecule has 9 heteroatoms. The van der Waals surface area contributed by atoms with Crippen LogP contribution in [0.4, 0.5) is 14.9 Å². The fourth-order valence-electron chi connectivity index (χ4n) is 4.04. The fraction of sp³-hybridized carbons (Fsp3) is 0.300. The number of fused-ring (bicyclic) bond motifs is 2. The monoisotopic (exact) mass is 394 g/mol. The highest BCUT2D eigenvalue weighted by molar-refractivity contribution is 5.88. The Balaban J connectivity index is 1.30. The van der Waals surface area contributed by atoms with Gasteiger partial charge in [-0.25, -0.2) is 19.2 Å². The first-order valence-electron chi connectivity index (χ1n) is 9.43. The molecule has 1 amide bonds. The molecule has 1 fully saturated rings. The molecule has 1 spiro atoms. The lowest BCUT2D eigenvalue weighted by Gasteiger charge is -2.44. The van der Waals surface area contributed by atoms with Crippen LogP contribution in [-0.2, 0) is 16.9 Å². The smallest absolute Gasteiger partial charge is 0.412 e. The average molecular weight is 394 g/mol. The molecule has 29 heavy (non-hydrogen) atoms. The van der Waals surface area contributed by atoms with Crippen molar-refractivity contribution >= 4 is 11.8 Å². The second kappa shape index (κ2) is 6.93. The molecule has 1 N–H and O–H groups in total. The molecular formula is C20H19FN6O2. The third kappa shape index (κ3) is 3.33. The van der Waals surface area contributed by atoms with E-state index in [1.807, 2.05) is 10.8 Å². The number of carbonyl (C=O) groups excluding carboxylic acids is 1. The first-order chi connectivity index (χ1) is 14.1. The minimum absolute atomic E-state index is 0.333. The average Bonchev–Trinajstić information content (AvgIpc) is 3.20. The van der Waals surface area contributed by atoms with Gasteiger partial charge in [0.05, 0.1) is 17.6 Å². The van der Waals surface area contributed by atoms with E-state index in [4.69, 9.17) is 4.74 Å². The van der Waals surface area contributed by atoms with Gasteiger partial charge in [0, 0.05) is 56.6 Å². The molecule has 5 rings (SSSR count). The molecule has 0 radical (unpaired) electrons. The number of ether oxygens (including phenoxy) is 1. The zero-order valence-electron chi connectivity index (χ0n) is 15.6. The largest absolute Gasteiger partial charge is 0.438 e. The van der Waals surface area contributed by atoms with Crippen LogP contribution in [0.3, 0.4) is 0 Å². The summed E-state index contributed by atoms with van der Waals surface area (Å²) in [5.74, 6) is 0.379. The lowest BCUT2D eigenvalue weighted by atomic mass is 9.82. The maximum Gasteiger partial charge on any atom is 0.412 e. The van der Waals surface area contributed by atoms with Crippen LogP contribution in [0.15, 0.2) is 49.3 Å². The molecule has 1 saturated heterocycles. The molecule has 148 valence electrons. The number of rotatable bonds is 3. The number of anilines is 1. The standard InChI is InChI=1S/C20H19FN6O2/c21-14-1-2-17-16(9-14)20(29-19(28)25-17)3-7-26(8-4-20)11-15-12-27(13-24-15)18-10-22-5-6-23-18/h1-2,5-6,9-10,12-13H,3-4,7-8,11H2,(H,25,28). The molecular weight excluding hydrogens is 375 g/mol. The normalized spacial score (nSPS) is 18.2. The molecule has 3 aromatic rings. The first-order valence-corrected chi connectivity index (χ1v) is 9.43. The number of benzene rings is 1. The SMILES string of the molecule is O=C1Nc2ccc(F)cc2C2(CCN(Cc3cn(-c4cnccn4)cn3)CC2)O1. The molecule has 4 heterocycles. The van der Waals surface area contributed by atoms with Crippen molar-refractivity contribution in [3.05, 3.63) is 66.4 Å². The molecule has 2 aliphatic rings. The summed E-state index contributed by atoms with van der Waals surface area (Å²) in [6, 6.07) is 4.41. The predicted molar refractivity (Wildman–Crippen MR) is 102 cm³/mol. The van der Waals surface area contributed by atoms with Crippen LogP contribution in [-0.4, -0.2) is 43.6 Å². The fourth-order valence-corrected chi connectivity index (χ4v) is 4.04. The van der Waals surface area contributed by atoms with Crippen LogP contribution in [0.25, 0.3) is 5.82 Å². The molecule has 2 aromatic heterocycles. The zero-order chi connectivity index (χ0) is 19.8. The van der Waals surface area contributed by atoms with Gasteiger partial charge in [-0.05, 0) is 18.2 Å². The second-order valence-electron chi connectivity index (χ2n) is 7.31. The third-order valence-electron chi connectivity index (χ3n) is 5.50. The van der Waals surface area contributed by atoms with Gasteiger partial charge in [-0.15, -0.1) is 0 Å². The van der Waals surface area contributed by atoms with Gasteiger partial charge < -0.3 is 4.74 Å². The highest BCUT2D eigenvalue weighted by atomic mass is 19.1. The Bertz CT molecular complexity index is 1050. The van der Waals surface area contributed by atoms with E-state index in [-0.39, 0.29) is 5.82 Å². The quantitative estimate of drug-likeness (QED) is 0.735. The summed E-state index contributed by atoms with van der Waals surface area (Å²) in [4.78, 5) is 27.1. The van der Waals surface area contributed by atoms with Crippen molar-refractivity contribution in [2.24, 2.45) is 0 Å². The first kappa shape index (κ1) is 17.7. The highest BCUT2D eigenvalue weighted by Gasteiger charge is 2.44. The van der Waals surface area contributed by atoms with Crippen LogP contribution < -0.4 is 5.32 Å². The molecule has 0 unspecified atom stereocenters. The van der Waals surface area contributed by atoms with E-state index in [0.717, 1.165) is 5.69 Å². The molecule has 0 bridgehead atoms. The van der Waals surface area contributed by atoms with Gasteiger partial charge >= 0.3 is 6.09 Å². The Morgan fingerprint density at radius 2 is 2.07 bits per heavy atom. The number of hydrogen-bond donors (Lipinski definition) is 1. The van der Waals surface area contributed by atoms with Gasteiger partial charge in [-0.3, -0.25) is 19.8 Å². The summed E-state index contributed by atoms with van der Waals surface area (Å²) in [5.41, 5.74) is 1.47. The van der Waals surface area contributed by atoms with Crippen molar-refractivity contribution in [1.29, 1.82) is 0 Å². The van der Waals surface area contributed by atoms with Crippen molar-refractivity contribution in [3.63, 3.8) is 0 Å². The van der Waals surface area contributed by atoms with Crippen molar-refractivity contribution < 1.29 is 13.9 Å². The van der Waals surface area contributed by atoms with Crippen molar-refractivity contribution in [1.82, 2.24) is 24.4 Å². The second-order valence-corrected chi connectivity index (χ2v) is 7.31. The zero-order valence-corrected chi connectivity index (χ0v) is 15.6. The lowest BCUT2D eigenvalue weighted by Crippen LogP contribution is -2.48. The summed E-state index contributed by atoms with van der Waals surface area (Å²) in [7, 11) is 0. The number of carbonyl (C=O) groups is 1. The van der Waals surface area contributed by atoms with E-state index < -0.39 is 11.7 Å². The van der Waals surface area contributed by atoms with E-state index in [2.05, 4.69) is 25.2 Å². The molecule has 8 nitrogen and oxygen atoms in total. The number of imidazole rings is 1. The van der Waals surface area contributed by atoms with Crippen LogP contribution in [0.1, 0.15) is 24.1 Å². The van der Waals surface area contributed by atoms with E-state index in [1.165, 1.54) is 12.1 Å². The van der Waals surface area contributed by atoms with Crippen LogP contribution in [0, 0.1) is 5.82 Å². The topological polar surface area (TPSA) is 85.2 Å². The number of halogens is 1. The molecule has 2 aliphatic heterocycles. The Labute approximate surface area is 166 Å². The van der Waals surface area contributed by atoms with Gasteiger partial charge in [-0.1, -0.05) is 0 Å². The lowest BCUT2D eigenvalue weighted by molar-refractivity contribution is -0.0397. The van der Waals surface area contributed by atoms with Crippen LogP contribution in [0.2, 0.25) is 0 Å². The highest BCUT2D eigenvalue weighted by Crippen LogP contribution is 2.43. The van der Waals surface area contributed by atoms with Crippen molar-refractivity contribution in [2.45, 2.75) is 25.0 Å². The number of nitrogens with zero attached hydrogens (tertiary/aromatic N) is 5. The van der Waals surface area contributed by atoms with Gasteiger partial charge in [-0.2, -0.15) is 0 Å². The summed E-state index contributed by atoms with van der Waals surface area (Å²) < 4.78 is 21.4. The van der Waals surface area contributed by atoms with Crippen LogP contribution >= 0.6 is 0 Å². The summed E-state index contributed by atoms with van der Waals surface area (Å²) in [6.45, 7) is 2.09.